The Morgan fingerprint density at radius 3 is 2.67 bits per heavy atom. The first-order valence-corrected chi connectivity index (χ1v) is 8.86. The van der Waals surface area contributed by atoms with Crippen LogP contribution in [0.3, 0.4) is 0 Å². The summed E-state index contributed by atoms with van der Waals surface area (Å²) in [6, 6.07) is 12.2. The van der Waals surface area contributed by atoms with Crippen molar-refractivity contribution in [1.82, 2.24) is 0 Å². The zero-order valence-electron chi connectivity index (χ0n) is 12.5. The van der Waals surface area contributed by atoms with Gasteiger partial charge >= 0.3 is 0 Å². The van der Waals surface area contributed by atoms with Crippen molar-refractivity contribution in [2.45, 2.75) is 0 Å². The molecule has 1 aliphatic rings. The predicted octanol–water partition coefficient (Wildman–Crippen LogP) is 5.35. The lowest BCUT2D eigenvalue weighted by atomic mass is 10.2. The lowest BCUT2D eigenvalue weighted by molar-refractivity contribution is -0.113. The van der Waals surface area contributed by atoms with Crippen molar-refractivity contribution >= 4 is 62.2 Å². The summed E-state index contributed by atoms with van der Waals surface area (Å²) in [5, 5.41) is -0.0330. The molecule has 24 heavy (non-hydrogen) atoms. The maximum Gasteiger partial charge on any atom is 0.298 e. The fourth-order valence-corrected chi connectivity index (χ4v) is 3.69. The Hall–Kier alpha value is -1.76. The highest BCUT2D eigenvalue weighted by molar-refractivity contribution is 9.10. The third kappa shape index (κ3) is 3.22. The number of thioether (sulfide) groups is 1. The van der Waals surface area contributed by atoms with Crippen molar-refractivity contribution in [3.05, 3.63) is 62.4 Å². The molecule has 0 saturated carbocycles. The van der Waals surface area contributed by atoms with Crippen LogP contribution < -0.4 is 9.64 Å². The standard InChI is InChI=1S/C17H11BrClNO3S/c1-23-14-7-6-11(18)8-10(14)9-15-16(21)20(17(22)24-15)13-5-3-2-4-12(13)19/h2-9H,1H3/b15-9-. The molecule has 2 aromatic carbocycles. The first-order valence-electron chi connectivity index (χ1n) is 6.87. The van der Waals surface area contributed by atoms with Gasteiger partial charge in [-0.2, -0.15) is 0 Å². The van der Waals surface area contributed by atoms with Crippen LogP contribution in [0.2, 0.25) is 5.02 Å². The summed E-state index contributed by atoms with van der Waals surface area (Å²) < 4.78 is 6.14. The van der Waals surface area contributed by atoms with Crippen molar-refractivity contribution in [1.29, 1.82) is 0 Å². The number of para-hydroxylation sites is 1. The van der Waals surface area contributed by atoms with E-state index >= 15 is 0 Å². The molecule has 2 aromatic rings. The van der Waals surface area contributed by atoms with Crippen LogP contribution in [0.5, 0.6) is 5.75 Å². The Kier molecular flexibility index (Phi) is 4.99. The van der Waals surface area contributed by atoms with Crippen molar-refractivity contribution in [3.8, 4) is 5.75 Å². The summed E-state index contributed by atoms with van der Waals surface area (Å²) in [4.78, 5) is 26.4. The van der Waals surface area contributed by atoms with Gasteiger partial charge in [0.1, 0.15) is 5.75 Å². The highest BCUT2D eigenvalue weighted by atomic mass is 79.9. The summed E-state index contributed by atoms with van der Waals surface area (Å²) in [6.45, 7) is 0. The fourth-order valence-electron chi connectivity index (χ4n) is 2.27. The minimum Gasteiger partial charge on any atom is -0.496 e. The van der Waals surface area contributed by atoms with Gasteiger partial charge in [-0.15, -0.1) is 0 Å². The molecule has 3 rings (SSSR count). The van der Waals surface area contributed by atoms with Gasteiger partial charge in [0.15, 0.2) is 0 Å². The number of hydrogen-bond donors (Lipinski definition) is 0. The largest absolute Gasteiger partial charge is 0.496 e. The average molecular weight is 425 g/mol. The zero-order valence-corrected chi connectivity index (χ0v) is 15.6. The number of nitrogens with zero attached hydrogens (tertiary/aromatic N) is 1. The van der Waals surface area contributed by atoms with Crippen molar-refractivity contribution in [3.63, 3.8) is 0 Å². The Morgan fingerprint density at radius 2 is 1.96 bits per heavy atom. The van der Waals surface area contributed by atoms with Crippen LogP contribution in [0, 0.1) is 0 Å². The minimum atomic E-state index is -0.403. The predicted molar refractivity (Wildman–Crippen MR) is 101 cm³/mol. The topological polar surface area (TPSA) is 46.6 Å². The molecule has 0 bridgehead atoms. The molecule has 0 unspecified atom stereocenters. The third-order valence-corrected chi connectivity index (χ3v) is 5.05. The molecule has 0 radical (unpaired) electrons. The normalized spacial score (nSPS) is 16.1. The Morgan fingerprint density at radius 1 is 1.21 bits per heavy atom. The van der Waals surface area contributed by atoms with Crippen LogP contribution in [0.1, 0.15) is 5.56 Å². The van der Waals surface area contributed by atoms with Crippen molar-refractivity contribution < 1.29 is 14.3 Å². The van der Waals surface area contributed by atoms with Gasteiger partial charge in [0.2, 0.25) is 0 Å². The number of rotatable bonds is 3. The summed E-state index contributed by atoms with van der Waals surface area (Å²) in [7, 11) is 1.55. The number of carbonyl (C=O) groups is 2. The molecule has 1 heterocycles. The SMILES string of the molecule is COc1ccc(Br)cc1/C=C1\SC(=O)N(c2ccccc2Cl)C1=O. The molecule has 1 aliphatic heterocycles. The number of hydrogen-bond acceptors (Lipinski definition) is 4. The van der Waals surface area contributed by atoms with Crippen molar-refractivity contribution in [2.75, 3.05) is 12.0 Å². The highest BCUT2D eigenvalue weighted by Crippen LogP contribution is 2.39. The fraction of sp³-hybridized carbons (Fsp3) is 0.0588. The van der Waals surface area contributed by atoms with E-state index in [1.165, 1.54) is 0 Å². The average Bonchev–Trinajstić information content (AvgIpc) is 2.82. The maximum absolute atomic E-state index is 12.7. The number of amides is 2. The van der Waals surface area contributed by atoms with Crippen LogP contribution in [-0.2, 0) is 4.79 Å². The van der Waals surface area contributed by atoms with E-state index in [-0.39, 0.29) is 5.24 Å². The van der Waals surface area contributed by atoms with Gasteiger partial charge in [0.25, 0.3) is 11.1 Å². The second-order valence-electron chi connectivity index (χ2n) is 4.85. The summed E-state index contributed by atoms with van der Waals surface area (Å²) >= 11 is 10.4. The Labute approximate surface area is 156 Å². The van der Waals surface area contributed by atoms with E-state index in [1.54, 1.807) is 43.5 Å². The van der Waals surface area contributed by atoms with E-state index in [1.807, 2.05) is 12.1 Å². The summed E-state index contributed by atoms with van der Waals surface area (Å²) in [5.74, 6) is 0.211. The van der Waals surface area contributed by atoms with Gasteiger partial charge < -0.3 is 4.74 Å². The van der Waals surface area contributed by atoms with E-state index < -0.39 is 5.91 Å². The lowest BCUT2D eigenvalue weighted by Gasteiger charge is -2.13. The van der Waals surface area contributed by atoms with Crippen LogP contribution in [0.25, 0.3) is 6.08 Å². The lowest BCUT2D eigenvalue weighted by Crippen LogP contribution is -2.27. The molecule has 4 nitrogen and oxygen atoms in total. The molecule has 7 heteroatoms. The van der Waals surface area contributed by atoms with Gasteiger partial charge in [-0.1, -0.05) is 39.7 Å². The number of ether oxygens (including phenoxy) is 1. The van der Waals surface area contributed by atoms with E-state index in [0.717, 1.165) is 21.1 Å². The van der Waals surface area contributed by atoms with Crippen LogP contribution in [0.4, 0.5) is 10.5 Å². The molecule has 0 spiro atoms. The van der Waals surface area contributed by atoms with Gasteiger partial charge in [0, 0.05) is 10.0 Å². The highest BCUT2D eigenvalue weighted by Gasteiger charge is 2.37. The molecular formula is C17H11BrClNO3S. The molecular weight excluding hydrogens is 414 g/mol. The number of halogens is 2. The third-order valence-electron chi connectivity index (χ3n) is 3.37. The van der Waals surface area contributed by atoms with Crippen molar-refractivity contribution in [2.24, 2.45) is 0 Å². The molecule has 0 aliphatic carbocycles. The van der Waals surface area contributed by atoms with Gasteiger partial charge in [0.05, 0.1) is 22.7 Å². The van der Waals surface area contributed by atoms with E-state index in [2.05, 4.69) is 15.9 Å². The molecule has 0 aromatic heterocycles. The van der Waals surface area contributed by atoms with Gasteiger partial charge in [-0.3, -0.25) is 9.59 Å². The summed E-state index contributed by atoms with van der Waals surface area (Å²) in [5.41, 5.74) is 1.09. The second-order valence-corrected chi connectivity index (χ2v) is 7.17. The van der Waals surface area contributed by atoms with E-state index in [9.17, 15) is 9.59 Å². The van der Waals surface area contributed by atoms with Crippen LogP contribution in [0.15, 0.2) is 51.8 Å². The van der Waals surface area contributed by atoms with Gasteiger partial charge in [-0.25, -0.2) is 4.90 Å². The monoisotopic (exact) mass is 423 g/mol. The second kappa shape index (κ2) is 7.01. The van der Waals surface area contributed by atoms with Gasteiger partial charge in [-0.05, 0) is 48.2 Å². The quantitative estimate of drug-likeness (QED) is 0.623. The molecule has 1 saturated heterocycles. The molecule has 2 amide bonds. The van der Waals surface area contributed by atoms with E-state index in [0.29, 0.717) is 26.9 Å². The number of methoxy groups -OCH3 is 1. The summed E-state index contributed by atoms with van der Waals surface area (Å²) in [6.07, 6.45) is 1.64. The maximum atomic E-state index is 12.7. The van der Waals surface area contributed by atoms with E-state index in [4.69, 9.17) is 16.3 Å². The smallest absolute Gasteiger partial charge is 0.298 e. The zero-order chi connectivity index (χ0) is 17.3. The molecule has 0 atom stereocenters. The number of benzene rings is 2. The molecule has 122 valence electrons. The first-order chi connectivity index (χ1) is 11.5. The minimum absolute atomic E-state index is 0.316. The number of anilines is 1. The number of imide groups is 1. The van der Waals surface area contributed by atoms with Crippen LogP contribution in [-0.4, -0.2) is 18.3 Å². The first kappa shape index (κ1) is 17.1. The van der Waals surface area contributed by atoms with Crippen LogP contribution >= 0.6 is 39.3 Å². The molecule has 1 fully saturated rings. The Balaban J connectivity index is 2.01. The Bertz CT molecular complexity index is 869. The number of carbonyl (C=O) groups excluding carboxylic acids is 2. The molecule has 0 N–H and O–H groups in total.